The van der Waals surface area contributed by atoms with E-state index in [0.29, 0.717) is 18.5 Å². The highest BCUT2D eigenvalue weighted by atomic mass is 16.4. The van der Waals surface area contributed by atoms with E-state index in [2.05, 4.69) is 11.9 Å². The van der Waals surface area contributed by atoms with Gasteiger partial charge in [-0.2, -0.15) is 0 Å². The second kappa shape index (κ2) is 6.73. The molecule has 1 atom stereocenters. The minimum atomic E-state index is -1.21. The van der Waals surface area contributed by atoms with Gasteiger partial charge < -0.3 is 10.4 Å². The fourth-order valence-electron chi connectivity index (χ4n) is 1.80. The summed E-state index contributed by atoms with van der Waals surface area (Å²) in [7, 11) is 0. The highest BCUT2D eigenvalue weighted by Crippen LogP contribution is 2.27. The van der Waals surface area contributed by atoms with Crippen LogP contribution in [0.15, 0.2) is 43.0 Å². The Balaban J connectivity index is 2.81. The van der Waals surface area contributed by atoms with Gasteiger partial charge in [0.05, 0.1) is 5.41 Å². The van der Waals surface area contributed by atoms with Crippen LogP contribution < -0.4 is 5.32 Å². The normalized spacial score (nSPS) is 13.3. The van der Waals surface area contributed by atoms with Crippen molar-refractivity contribution in [2.75, 3.05) is 6.54 Å². The van der Waals surface area contributed by atoms with Crippen LogP contribution >= 0.6 is 0 Å². The van der Waals surface area contributed by atoms with Crippen LogP contribution in [0.25, 0.3) is 0 Å². The minimum absolute atomic E-state index is 0.0799. The molecule has 0 heterocycles. The molecule has 0 radical (unpaired) electrons. The first-order valence-corrected chi connectivity index (χ1v) is 6.17. The molecule has 1 unspecified atom stereocenters. The summed E-state index contributed by atoms with van der Waals surface area (Å²) in [5.41, 5.74) is -0.583. The van der Waals surface area contributed by atoms with Gasteiger partial charge in [0.25, 0.3) is 0 Å². The van der Waals surface area contributed by atoms with Gasteiger partial charge in [0.1, 0.15) is 0 Å². The van der Waals surface area contributed by atoms with Crippen LogP contribution in [0.5, 0.6) is 0 Å². The summed E-state index contributed by atoms with van der Waals surface area (Å²) in [5.74, 6) is -1.27. The van der Waals surface area contributed by atoms with Gasteiger partial charge in [-0.1, -0.05) is 36.4 Å². The number of amides is 1. The molecule has 0 bridgehead atoms. The highest BCUT2D eigenvalue weighted by molar-refractivity contribution is 5.89. The molecule has 4 heteroatoms. The van der Waals surface area contributed by atoms with Crippen molar-refractivity contribution in [2.24, 2.45) is 0 Å². The Bertz CT molecular complexity index is 456. The number of carboxylic acid groups (broad SMARTS) is 1. The van der Waals surface area contributed by atoms with Crippen molar-refractivity contribution in [3.8, 4) is 0 Å². The van der Waals surface area contributed by atoms with Crippen LogP contribution in [0.1, 0.15) is 25.3 Å². The second-order valence-electron chi connectivity index (χ2n) is 4.61. The predicted molar refractivity (Wildman–Crippen MR) is 73.9 cm³/mol. The lowest BCUT2D eigenvalue weighted by atomic mass is 9.79. The molecule has 0 saturated carbocycles. The highest BCUT2D eigenvalue weighted by Gasteiger charge is 2.37. The fourth-order valence-corrected chi connectivity index (χ4v) is 1.80. The Morgan fingerprint density at radius 3 is 2.53 bits per heavy atom. The maximum Gasteiger partial charge on any atom is 0.314 e. The largest absolute Gasteiger partial charge is 0.481 e. The third-order valence-corrected chi connectivity index (χ3v) is 3.07. The Morgan fingerprint density at radius 1 is 1.37 bits per heavy atom. The molecule has 1 rings (SSSR count). The molecular weight excluding hydrogens is 242 g/mol. The lowest BCUT2D eigenvalue weighted by Crippen LogP contribution is -2.39. The molecule has 1 amide bonds. The maximum absolute atomic E-state index is 11.8. The molecule has 1 aromatic rings. The summed E-state index contributed by atoms with van der Waals surface area (Å²) in [5, 5.41) is 12.1. The monoisotopic (exact) mass is 261 g/mol. The number of rotatable bonds is 7. The summed E-state index contributed by atoms with van der Waals surface area (Å²) in [6, 6.07) is 8.81. The van der Waals surface area contributed by atoms with E-state index in [1.807, 2.05) is 6.07 Å². The fraction of sp³-hybridized carbons (Fsp3) is 0.333. The minimum Gasteiger partial charge on any atom is -0.481 e. The number of carbonyl (C=O) groups excluding carboxylic acids is 1. The van der Waals surface area contributed by atoms with Crippen molar-refractivity contribution >= 4 is 11.9 Å². The van der Waals surface area contributed by atoms with Crippen LogP contribution in [0.2, 0.25) is 0 Å². The molecule has 1 aromatic carbocycles. The Labute approximate surface area is 113 Å². The SMILES string of the molecule is C=CCCNC(=O)CC(C)(C(=O)O)c1ccccc1. The van der Waals surface area contributed by atoms with E-state index < -0.39 is 11.4 Å². The van der Waals surface area contributed by atoms with Crippen molar-refractivity contribution < 1.29 is 14.7 Å². The first-order valence-electron chi connectivity index (χ1n) is 6.17. The van der Waals surface area contributed by atoms with Gasteiger partial charge in [0.15, 0.2) is 0 Å². The zero-order valence-electron chi connectivity index (χ0n) is 11.1. The Kier molecular flexibility index (Phi) is 5.30. The number of hydrogen-bond donors (Lipinski definition) is 2. The van der Waals surface area contributed by atoms with Crippen molar-refractivity contribution in [1.29, 1.82) is 0 Å². The van der Waals surface area contributed by atoms with Crippen molar-refractivity contribution in [3.05, 3.63) is 48.6 Å². The number of benzene rings is 1. The zero-order valence-corrected chi connectivity index (χ0v) is 11.1. The van der Waals surface area contributed by atoms with Gasteiger partial charge in [-0.3, -0.25) is 9.59 Å². The van der Waals surface area contributed by atoms with E-state index in [0.717, 1.165) is 0 Å². The topological polar surface area (TPSA) is 66.4 Å². The Morgan fingerprint density at radius 2 is 2.00 bits per heavy atom. The molecule has 0 fully saturated rings. The number of aliphatic carboxylic acids is 1. The lowest BCUT2D eigenvalue weighted by molar-refractivity contribution is -0.145. The molecule has 0 aliphatic heterocycles. The van der Waals surface area contributed by atoms with Crippen molar-refractivity contribution in [2.45, 2.75) is 25.2 Å². The molecule has 0 aromatic heterocycles. The average molecular weight is 261 g/mol. The molecule has 0 spiro atoms. The van der Waals surface area contributed by atoms with Crippen LogP contribution in [-0.4, -0.2) is 23.5 Å². The quantitative estimate of drug-likeness (QED) is 0.583. The third kappa shape index (κ3) is 3.95. The second-order valence-corrected chi connectivity index (χ2v) is 4.61. The standard InChI is InChI=1S/C15H19NO3/c1-3-4-10-16-13(17)11-15(2,14(18)19)12-8-6-5-7-9-12/h3,5-9H,1,4,10-11H2,2H3,(H,16,17)(H,18,19). The van der Waals surface area contributed by atoms with Gasteiger partial charge >= 0.3 is 5.97 Å². The van der Waals surface area contributed by atoms with E-state index in [-0.39, 0.29) is 12.3 Å². The molecule has 102 valence electrons. The third-order valence-electron chi connectivity index (χ3n) is 3.07. The first-order chi connectivity index (χ1) is 9.00. The van der Waals surface area contributed by atoms with Crippen LogP contribution in [0, 0.1) is 0 Å². The molecule has 0 aliphatic carbocycles. The van der Waals surface area contributed by atoms with Gasteiger partial charge in [0.2, 0.25) is 5.91 Å². The van der Waals surface area contributed by atoms with Crippen molar-refractivity contribution in [1.82, 2.24) is 5.32 Å². The molecule has 19 heavy (non-hydrogen) atoms. The average Bonchev–Trinajstić information content (AvgIpc) is 2.39. The molecule has 2 N–H and O–H groups in total. The van der Waals surface area contributed by atoms with Gasteiger partial charge in [0, 0.05) is 13.0 Å². The first kappa shape index (κ1) is 15.0. The van der Waals surface area contributed by atoms with Gasteiger partial charge in [-0.05, 0) is 18.9 Å². The summed E-state index contributed by atoms with van der Waals surface area (Å²) in [6.45, 7) is 5.61. The lowest BCUT2D eigenvalue weighted by Gasteiger charge is -2.24. The van der Waals surface area contributed by atoms with Crippen LogP contribution in [0.3, 0.4) is 0 Å². The smallest absolute Gasteiger partial charge is 0.314 e. The number of carboxylic acids is 1. The molecule has 4 nitrogen and oxygen atoms in total. The van der Waals surface area contributed by atoms with Crippen LogP contribution in [0.4, 0.5) is 0 Å². The predicted octanol–water partition coefficient (Wildman–Crippen LogP) is 2.11. The van der Waals surface area contributed by atoms with E-state index in [9.17, 15) is 14.7 Å². The molecular formula is C15H19NO3. The number of nitrogens with one attached hydrogen (secondary N) is 1. The summed E-state index contributed by atoms with van der Waals surface area (Å²) in [6.07, 6.45) is 2.29. The van der Waals surface area contributed by atoms with E-state index in [1.165, 1.54) is 0 Å². The zero-order chi connectivity index (χ0) is 14.3. The Hall–Kier alpha value is -2.10. The molecule has 0 aliphatic rings. The number of carbonyl (C=O) groups is 2. The number of hydrogen-bond acceptors (Lipinski definition) is 2. The van der Waals surface area contributed by atoms with E-state index in [4.69, 9.17) is 0 Å². The van der Waals surface area contributed by atoms with Crippen molar-refractivity contribution in [3.63, 3.8) is 0 Å². The van der Waals surface area contributed by atoms with Gasteiger partial charge in [-0.15, -0.1) is 6.58 Å². The summed E-state index contributed by atoms with van der Waals surface area (Å²) in [4.78, 5) is 23.3. The van der Waals surface area contributed by atoms with E-state index in [1.54, 1.807) is 37.3 Å². The van der Waals surface area contributed by atoms with Gasteiger partial charge in [-0.25, -0.2) is 0 Å². The summed E-state index contributed by atoms with van der Waals surface area (Å²) >= 11 is 0. The maximum atomic E-state index is 11.8. The summed E-state index contributed by atoms with van der Waals surface area (Å²) < 4.78 is 0. The van der Waals surface area contributed by atoms with E-state index >= 15 is 0 Å². The molecule has 0 saturated heterocycles. The van der Waals surface area contributed by atoms with Crippen LogP contribution in [-0.2, 0) is 15.0 Å².